The van der Waals surface area contributed by atoms with Crippen molar-refractivity contribution in [3.8, 4) is 0 Å². The van der Waals surface area contributed by atoms with Crippen LogP contribution in [0.5, 0.6) is 0 Å². The minimum Gasteiger partial charge on any atom is -0.362 e. The number of hydrogen-bond donors (Lipinski definition) is 0. The van der Waals surface area contributed by atoms with Crippen LogP contribution in [0.4, 0.5) is 0 Å². The molecule has 2 fully saturated rings. The number of carbonyl (C=O) groups excluding carboxylic acids is 4. The lowest BCUT2D eigenvalue weighted by Gasteiger charge is -2.33. The van der Waals surface area contributed by atoms with Crippen LogP contribution in [-0.2, 0) is 14.4 Å². The van der Waals surface area contributed by atoms with Crippen LogP contribution < -0.4 is 0 Å². The van der Waals surface area contributed by atoms with E-state index in [9.17, 15) is 19.2 Å². The van der Waals surface area contributed by atoms with E-state index in [4.69, 9.17) is 0 Å². The molecule has 0 bridgehead atoms. The molecule has 3 aliphatic heterocycles. The first kappa shape index (κ1) is 14.8. The molecule has 0 spiro atoms. The maximum absolute atomic E-state index is 13.0. The van der Waals surface area contributed by atoms with Crippen LogP contribution in [0.2, 0.25) is 0 Å². The summed E-state index contributed by atoms with van der Waals surface area (Å²) in [5, 5.41) is 0. The third-order valence-electron chi connectivity index (χ3n) is 5.25. The van der Waals surface area contributed by atoms with Gasteiger partial charge in [-0.05, 0) is 6.08 Å². The molecule has 24 heavy (non-hydrogen) atoms. The maximum Gasteiger partial charge on any atom is 0.235 e. The van der Waals surface area contributed by atoms with Crippen LogP contribution in [0.1, 0.15) is 16.8 Å². The molecule has 0 unspecified atom stereocenters. The van der Waals surface area contributed by atoms with Gasteiger partial charge in [0.05, 0.1) is 11.8 Å². The normalized spacial score (nSPS) is 31.5. The first-order valence-electron chi connectivity index (χ1n) is 7.90. The number of amides is 2. The van der Waals surface area contributed by atoms with Gasteiger partial charge in [0.2, 0.25) is 11.8 Å². The SMILES string of the molecule is CN1C(=O)[C@@H]2[C@H](C1=O)[C@@H](C(=O)c1ccccc1)N1C=CC(=O)C[C@H]21. The van der Waals surface area contributed by atoms with Gasteiger partial charge in [0.15, 0.2) is 11.6 Å². The van der Waals surface area contributed by atoms with Gasteiger partial charge in [0.25, 0.3) is 0 Å². The Kier molecular flexibility index (Phi) is 3.16. The molecule has 122 valence electrons. The summed E-state index contributed by atoms with van der Waals surface area (Å²) in [6.07, 6.45) is 3.14. The number of allylic oxidation sites excluding steroid dienone is 1. The van der Waals surface area contributed by atoms with Crippen LogP contribution in [0.3, 0.4) is 0 Å². The van der Waals surface area contributed by atoms with Crippen molar-refractivity contribution in [1.29, 1.82) is 0 Å². The van der Waals surface area contributed by atoms with Crippen molar-refractivity contribution in [1.82, 2.24) is 9.80 Å². The first-order valence-corrected chi connectivity index (χ1v) is 7.90. The highest BCUT2D eigenvalue weighted by Gasteiger charge is 2.63. The maximum atomic E-state index is 13.0. The molecule has 6 nitrogen and oxygen atoms in total. The third kappa shape index (κ3) is 1.89. The summed E-state index contributed by atoms with van der Waals surface area (Å²) < 4.78 is 0. The van der Waals surface area contributed by atoms with Gasteiger partial charge in [-0.2, -0.15) is 0 Å². The lowest BCUT2D eigenvalue weighted by Crippen LogP contribution is -2.46. The van der Waals surface area contributed by atoms with E-state index < -0.39 is 23.9 Å². The molecule has 4 rings (SSSR count). The number of imide groups is 1. The van der Waals surface area contributed by atoms with Crippen molar-refractivity contribution < 1.29 is 19.2 Å². The Labute approximate surface area is 138 Å². The predicted octanol–water partition coefficient (Wildman–Crippen LogP) is 0.640. The Morgan fingerprint density at radius 1 is 1.04 bits per heavy atom. The Balaban J connectivity index is 1.81. The fourth-order valence-electron chi connectivity index (χ4n) is 4.13. The number of hydrogen-bond acceptors (Lipinski definition) is 5. The molecule has 0 N–H and O–H groups in total. The fraction of sp³-hybridized carbons (Fsp3) is 0.333. The predicted molar refractivity (Wildman–Crippen MR) is 83.7 cm³/mol. The molecule has 2 saturated heterocycles. The summed E-state index contributed by atoms with van der Waals surface area (Å²) in [7, 11) is 1.44. The molecule has 0 aromatic heterocycles. The van der Waals surface area contributed by atoms with Crippen molar-refractivity contribution >= 4 is 23.4 Å². The van der Waals surface area contributed by atoms with Gasteiger partial charge in [-0.25, -0.2) is 0 Å². The summed E-state index contributed by atoms with van der Waals surface area (Å²) >= 11 is 0. The number of Topliss-reactive ketones (excluding diaryl/α,β-unsaturated/α-hetero) is 1. The summed E-state index contributed by atoms with van der Waals surface area (Å²) in [5.74, 6) is -2.27. The van der Waals surface area contributed by atoms with Crippen LogP contribution in [0, 0.1) is 11.8 Å². The molecule has 0 radical (unpaired) electrons. The Morgan fingerprint density at radius 3 is 2.42 bits per heavy atom. The standard InChI is InChI=1S/C18H16N2O4/c1-19-17(23)13-12-9-11(21)7-8-20(12)15(14(13)18(19)24)16(22)10-5-3-2-4-6-10/h2-8,12-15H,9H2,1H3/t12-,13+,14+,15+/m1/s1. The molecule has 2 amide bonds. The highest BCUT2D eigenvalue weighted by Crippen LogP contribution is 2.45. The summed E-state index contributed by atoms with van der Waals surface area (Å²) in [6.45, 7) is 0. The molecular formula is C18H16N2O4. The number of rotatable bonds is 2. The van der Waals surface area contributed by atoms with Crippen molar-refractivity contribution in [3.63, 3.8) is 0 Å². The fourth-order valence-corrected chi connectivity index (χ4v) is 4.13. The van der Waals surface area contributed by atoms with E-state index in [-0.39, 0.29) is 29.8 Å². The van der Waals surface area contributed by atoms with Crippen molar-refractivity contribution in [2.45, 2.75) is 18.5 Å². The Bertz CT molecular complexity index is 785. The van der Waals surface area contributed by atoms with Gasteiger partial charge in [-0.15, -0.1) is 0 Å². The summed E-state index contributed by atoms with van der Waals surface area (Å²) in [6, 6.07) is 7.58. The Hall–Kier alpha value is -2.76. The lowest BCUT2D eigenvalue weighted by molar-refractivity contribution is -0.139. The largest absolute Gasteiger partial charge is 0.362 e. The number of nitrogens with zero attached hydrogens (tertiary/aromatic N) is 2. The molecule has 4 atom stereocenters. The lowest BCUT2D eigenvalue weighted by atomic mass is 9.85. The van der Waals surface area contributed by atoms with Crippen LogP contribution in [0.25, 0.3) is 0 Å². The van der Waals surface area contributed by atoms with E-state index in [1.807, 2.05) is 6.07 Å². The quantitative estimate of drug-likeness (QED) is 0.589. The minimum atomic E-state index is -0.742. The molecule has 1 aromatic rings. The number of carbonyl (C=O) groups is 4. The first-order chi connectivity index (χ1) is 11.5. The molecule has 0 saturated carbocycles. The second-order valence-corrected chi connectivity index (χ2v) is 6.46. The van der Waals surface area contributed by atoms with Crippen LogP contribution in [0.15, 0.2) is 42.6 Å². The van der Waals surface area contributed by atoms with E-state index in [0.29, 0.717) is 5.56 Å². The van der Waals surface area contributed by atoms with E-state index in [1.54, 1.807) is 35.4 Å². The van der Waals surface area contributed by atoms with Crippen LogP contribution >= 0.6 is 0 Å². The summed E-state index contributed by atoms with van der Waals surface area (Å²) in [4.78, 5) is 52.8. The van der Waals surface area contributed by atoms with E-state index in [1.165, 1.54) is 13.1 Å². The molecular weight excluding hydrogens is 308 g/mol. The zero-order valence-electron chi connectivity index (χ0n) is 13.1. The average molecular weight is 324 g/mol. The molecule has 0 aliphatic carbocycles. The van der Waals surface area contributed by atoms with Gasteiger partial charge in [0, 0.05) is 31.3 Å². The zero-order valence-corrected chi connectivity index (χ0v) is 13.1. The number of fused-ring (bicyclic) bond motifs is 3. The number of ketones is 2. The van der Waals surface area contributed by atoms with Crippen molar-refractivity contribution in [2.24, 2.45) is 11.8 Å². The van der Waals surface area contributed by atoms with E-state index in [0.717, 1.165) is 4.90 Å². The Morgan fingerprint density at radius 2 is 1.71 bits per heavy atom. The molecule has 1 aromatic carbocycles. The molecule has 6 heteroatoms. The summed E-state index contributed by atoms with van der Waals surface area (Å²) in [5.41, 5.74) is 0.502. The highest BCUT2D eigenvalue weighted by atomic mass is 16.2. The molecule has 3 aliphatic rings. The second kappa shape index (κ2) is 5.12. The number of benzene rings is 1. The van der Waals surface area contributed by atoms with Crippen molar-refractivity contribution in [3.05, 3.63) is 48.2 Å². The number of likely N-dealkylation sites (tertiary alicyclic amines) is 1. The molecule has 3 heterocycles. The van der Waals surface area contributed by atoms with E-state index in [2.05, 4.69) is 0 Å². The van der Waals surface area contributed by atoms with Gasteiger partial charge in [0.1, 0.15) is 6.04 Å². The van der Waals surface area contributed by atoms with E-state index >= 15 is 0 Å². The van der Waals surface area contributed by atoms with Gasteiger partial charge in [-0.3, -0.25) is 24.1 Å². The van der Waals surface area contributed by atoms with Crippen molar-refractivity contribution in [2.75, 3.05) is 7.05 Å². The van der Waals surface area contributed by atoms with Gasteiger partial charge >= 0.3 is 0 Å². The highest BCUT2D eigenvalue weighted by molar-refractivity contribution is 6.12. The van der Waals surface area contributed by atoms with Gasteiger partial charge < -0.3 is 4.90 Å². The van der Waals surface area contributed by atoms with Gasteiger partial charge in [-0.1, -0.05) is 30.3 Å². The average Bonchev–Trinajstić information content (AvgIpc) is 3.03. The zero-order chi connectivity index (χ0) is 17.0. The van der Waals surface area contributed by atoms with Crippen LogP contribution in [-0.4, -0.2) is 52.3 Å². The topological polar surface area (TPSA) is 74.8 Å². The minimum absolute atomic E-state index is 0.0855. The third-order valence-corrected chi connectivity index (χ3v) is 5.25. The smallest absolute Gasteiger partial charge is 0.235 e. The monoisotopic (exact) mass is 324 g/mol. The second-order valence-electron chi connectivity index (χ2n) is 6.46.